The third kappa shape index (κ3) is 2.25. The van der Waals surface area contributed by atoms with E-state index in [0.29, 0.717) is 6.61 Å². The number of nitrogens with zero attached hydrogens (tertiary/aromatic N) is 3. The van der Waals surface area contributed by atoms with Crippen molar-refractivity contribution < 1.29 is 9.53 Å². The lowest BCUT2D eigenvalue weighted by atomic mass is 10.0. The number of benzene rings is 1. The summed E-state index contributed by atoms with van der Waals surface area (Å²) in [6, 6.07) is 8.46. The fourth-order valence-electron chi connectivity index (χ4n) is 4.20. The Hall–Kier alpha value is -2.47. The molecule has 0 fully saturated rings. The summed E-state index contributed by atoms with van der Waals surface area (Å²) in [6.45, 7) is 3.17. The van der Waals surface area contributed by atoms with Crippen molar-refractivity contribution >= 4 is 39.0 Å². The van der Waals surface area contributed by atoms with Gasteiger partial charge in [-0.05, 0) is 43.4 Å². The molecule has 0 bridgehead atoms. The molecule has 1 unspecified atom stereocenters. The van der Waals surface area contributed by atoms with E-state index in [4.69, 9.17) is 4.74 Å². The van der Waals surface area contributed by atoms with Gasteiger partial charge in [-0.25, -0.2) is 9.97 Å². The summed E-state index contributed by atoms with van der Waals surface area (Å²) in [6.07, 6.45) is 4.38. The second-order valence-electron chi connectivity index (χ2n) is 6.69. The number of aryl methyl sites for hydroxylation is 1. The van der Waals surface area contributed by atoms with Crippen molar-refractivity contribution in [2.75, 3.05) is 18.1 Å². The highest BCUT2D eigenvalue weighted by Crippen LogP contribution is 2.48. The van der Waals surface area contributed by atoms with E-state index < -0.39 is 0 Å². The van der Waals surface area contributed by atoms with Gasteiger partial charge in [-0.3, -0.25) is 4.79 Å². The zero-order chi connectivity index (χ0) is 17.7. The SMILES string of the molecule is CCOC(=O)C1CCc2sc3ncnc(N4CCc5ccccc54)c3c21. The molecule has 2 aliphatic rings. The highest BCUT2D eigenvalue weighted by atomic mass is 32.1. The van der Waals surface area contributed by atoms with Crippen LogP contribution in [0.3, 0.4) is 0 Å². The topological polar surface area (TPSA) is 55.3 Å². The maximum Gasteiger partial charge on any atom is 0.313 e. The molecule has 3 aromatic rings. The number of para-hydroxylation sites is 1. The minimum absolute atomic E-state index is 0.123. The summed E-state index contributed by atoms with van der Waals surface area (Å²) >= 11 is 1.69. The Kier molecular flexibility index (Phi) is 3.67. The van der Waals surface area contributed by atoms with Crippen LogP contribution in [0.15, 0.2) is 30.6 Å². The first-order valence-corrected chi connectivity index (χ1v) is 9.88. The molecular weight excluding hydrogens is 346 g/mol. The van der Waals surface area contributed by atoms with E-state index >= 15 is 0 Å². The van der Waals surface area contributed by atoms with Crippen molar-refractivity contribution in [3.63, 3.8) is 0 Å². The summed E-state index contributed by atoms with van der Waals surface area (Å²) in [5.41, 5.74) is 3.65. The number of fused-ring (bicyclic) bond motifs is 4. The van der Waals surface area contributed by atoms with Crippen molar-refractivity contribution in [2.45, 2.75) is 32.1 Å². The van der Waals surface area contributed by atoms with E-state index in [1.807, 2.05) is 6.92 Å². The fourth-order valence-corrected chi connectivity index (χ4v) is 5.41. The standard InChI is InChI=1S/C20H19N3O2S/c1-2-25-20(24)13-7-8-15-16(13)17-18(21-11-22-19(17)26-15)23-10-9-12-5-3-4-6-14(12)23/h3-6,11,13H,2,7-10H2,1H3. The molecule has 5 nitrogen and oxygen atoms in total. The highest BCUT2D eigenvalue weighted by Gasteiger charge is 2.36. The second kappa shape index (κ2) is 6.06. The number of esters is 1. The number of hydrogen-bond acceptors (Lipinski definition) is 6. The average Bonchev–Trinajstić information content (AvgIpc) is 3.34. The zero-order valence-electron chi connectivity index (χ0n) is 14.6. The minimum Gasteiger partial charge on any atom is -0.466 e. The van der Waals surface area contributed by atoms with Crippen molar-refractivity contribution in [3.05, 3.63) is 46.6 Å². The molecule has 1 aliphatic carbocycles. The molecule has 3 heterocycles. The Labute approximate surface area is 155 Å². The van der Waals surface area contributed by atoms with E-state index in [2.05, 4.69) is 39.1 Å². The molecule has 5 rings (SSSR count). The van der Waals surface area contributed by atoms with Crippen LogP contribution in [0, 0.1) is 0 Å². The molecule has 1 aromatic carbocycles. The molecule has 0 amide bonds. The van der Waals surface area contributed by atoms with E-state index in [1.165, 1.54) is 16.1 Å². The number of carbonyl (C=O) groups excluding carboxylic acids is 1. The van der Waals surface area contributed by atoms with Crippen LogP contribution >= 0.6 is 11.3 Å². The third-order valence-corrected chi connectivity index (χ3v) is 6.48. The molecule has 132 valence electrons. The molecule has 0 N–H and O–H groups in total. The van der Waals surface area contributed by atoms with E-state index in [0.717, 1.165) is 47.4 Å². The molecule has 0 saturated carbocycles. The summed E-state index contributed by atoms with van der Waals surface area (Å²) in [4.78, 5) is 26.2. The Morgan fingerprint density at radius 2 is 2.19 bits per heavy atom. The lowest BCUT2D eigenvalue weighted by molar-refractivity contribution is -0.144. The number of hydrogen-bond donors (Lipinski definition) is 0. The van der Waals surface area contributed by atoms with Crippen LogP contribution in [-0.4, -0.2) is 29.1 Å². The van der Waals surface area contributed by atoms with Crippen LogP contribution in [0.1, 0.15) is 35.3 Å². The monoisotopic (exact) mass is 365 g/mol. The summed E-state index contributed by atoms with van der Waals surface area (Å²) in [5, 5.41) is 1.04. The van der Waals surface area contributed by atoms with Gasteiger partial charge < -0.3 is 9.64 Å². The lowest BCUT2D eigenvalue weighted by Gasteiger charge is -2.20. The maximum absolute atomic E-state index is 12.5. The van der Waals surface area contributed by atoms with Crippen molar-refractivity contribution in [2.24, 2.45) is 0 Å². The van der Waals surface area contributed by atoms with Crippen LogP contribution < -0.4 is 4.90 Å². The molecule has 0 radical (unpaired) electrons. The Morgan fingerprint density at radius 1 is 1.31 bits per heavy atom. The van der Waals surface area contributed by atoms with E-state index in [1.54, 1.807) is 17.7 Å². The van der Waals surface area contributed by atoms with Crippen molar-refractivity contribution in [1.82, 2.24) is 9.97 Å². The molecule has 2 aromatic heterocycles. The lowest BCUT2D eigenvalue weighted by Crippen LogP contribution is -2.17. The maximum atomic E-state index is 12.5. The van der Waals surface area contributed by atoms with Crippen LogP contribution in [0.4, 0.5) is 11.5 Å². The predicted molar refractivity (Wildman–Crippen MR) is 102 cm³/mol. The smallest absolute Gasteiger partial charge is 0.313 e. The van der Waals surface area contributed by atoms with Gasteiger partial charge in [0.25, 0.3) is 0 Å². The number of thiophene rings is 1. The van der Waals surface area contributed by atoms with Crippen LogP contribution in [-0.2, 0) is 22.4 Å². The van der Waals surface area contributed by atoms with Gasteiger partial charge in [0.2, 0.25) is 0 Å². The molecule has 1 atom stereocenters. The molecule has 1 aliphatic heterocycles. The van der Waals surface area contributed by atoms with Gasteiger partial charge in [-0.15, -0.1) is 11.3 Å². The van der Waals surface area contributed by atoms with Crippen LogP contribution in [0.2, 0.25) is 0 Å². The van der Waals surface area contributed by atoms with Gasteiger partial charge in [0, 0.05) is 17.1 Å². The minimum atomic E-state index is -0.193. The molecule has 6 heteroatoms. The van der Waals surface area contributed by atoms with Crippen molar-refractivity contribution in [3.8, 4) is 0 Å². The number of rotatable bonds is 3. The average molecular weight is 365 g/mol. The van der Waals surface area contributed by atoms with E-state index in [9.17, 15) is 4.79 Å². The number of carbonyl (C=O) groups is 1. The molecule has 0 spiro atoms. The number of aromatic nitrogens is 2. The Balaban J connectivity index is 1.68. The van der Waals surface area contributed by atoms with Gasteiger partial charge >= 0.3 is 5.97 Å². The van der Waals surface area contributed by atoms with Gasteiger partial charge in [-0.1, -0.05) is 18.2 Å². The first kappa shape index (κ1) is 15.8. The van der Waals surface area contributed by atoms with Crippen LogP contribution in [0.5, 0.6) is 0 Å². The second-order valence-corrected chi connectivity index (χ2v) is 7.77. The van der Waals surface area contributed by atoms with Gasteiger partial charge in [0.05, 0.1) is 17.9 Å². The summed E-state index contributed by atoms with van der Waals surface area (Å²) < 4.78 is 5.33. The predicted octanol–water partition coefficient (Wildman–Crippen LogP) is 3.98. The highest BCUT2D eigenvalue weighted by molar-refractivity contribution is 7.19. The first-order chi connectivity index (χ1) is 12.8. The summed E-state index contributed by atoms with van der Waals surface area (Å²) in [5.74, 6) is 0.609. The quantitative estimate of drug-likeness (QED) is 0.657. The van der Waals surface area contributed by atoms with Crippen molar-refractivity contribution in [1.29, 1.82) is 0 Å². The van der Waals surface area contributed by atoms with Gasteiger partial charge in [-0.2, -0.15) is 0 Å². The Morgan fingerprint density at radius 3 is 3.08 bits per heavy atom. The van der Waals surface area contributed by atoms with Crippen LogP contribution in [0.25, 0.3) is 10.2 Å². The number of ether oxygens (including phenoxy) is 1. The summed E-state index contributed by atoms with van der Waals surface area (Å²) in [7, 11) is 0. The normalized spacial score (nSPS) is 18.2. The van der Waals surface area contributed by atoms with Gasteiger partial charge in [0.15, 0.2) is 0 Å². The van der Waals surface area contributed by atoms with E-state index in [-0.39, 0.29) is 11.9 Å². The molecule has 26 heavy (non-hydrogen) atoms. The molecular formula is C20H19N3O2S. The molecule has 0 saturated heterocycles. The zero-order valence-corrected chi connectivity index (χ0v) is 15.4. The largest absolute Gasteiger partial charge is 0.466 e. The third-order valence-electron chi connectivity index (χ3n) is 5.30. The fraction of sp³-hybridized carbons (Fsp3) is 0.350. The number of anilines is 2. The van der Waals surface area contributed by atoms with Gasteiger partial charge in [0.1, 0.15) is 17.0 Å². The first-order valence-electron chi connectivity index (χ1n) is 9.06. The Bertz CT molecular complexity index is 1010.